The topological polar surface area (TPSA) is 74.6 Å². The van der Waals surface area contributed by atoms with Crippen LogP contribution in [0.3, 0.4) is 0 Å². The van der Waals surface area contributed by atoms with Gasteiger partial charge in [-0.15, -0.1) is 13.2 Å². The van der Waals surface area contributed by atoms with Crippen LogP contribution in [0.15, 0.2) is 59.8 Å². The lowest BCUT2D eigenvalue weighted by atomic mass is 9.83. The molecule has 0 radical (unpaired) electrons. The number of amides is 1. The smallest absolute Gasteiger partial charge is 0.306 e. The molecule has 0 N–H and O–H groups in total. The molecule has 3 aromatic carbocycles. The zero-order valence-electron chi connectivity index (χ0n) is 28.0. The predicted octanol–water partition coefficient (Wildman–Crippen LogP) is 8.09. The highest BCUT2D eigenvalue weighted by molar-refractivity contribution is 5.98. The number of fused-ring (bicyclic) bond motifs is 1. The molecular formula is C37H48N4O3. The van der Waals surface area contributed by atoms with Gasteiger partial charge in [-0.1, -0.05) is 30.3 Å². The molecule has 44 heavy (non-hydrogen) atoms. The minimum Gasteiger partial charge on any atom is -0.469 e. The number of carbonyl (C=O) groups excluding carboxylic acids is 2. The van der Waals surface area contributed by atoms with Crippen LogP contribution in [-0.2, 0) is 22.5 Å². The van der Waals surface area contributed by atoms with E-state index < -0.39 is 0 Å². The normalized spacial score (nSPS) is 13.2. The van der Waals surface area contributed by atoms with Crippen LogP contribution >= 0.6 is 0 Å². The van der Waals surface area contributed by atoms with Crippen LogP contribution in [0.1, 0.15) is 79.7 Å². The van der Waals surface area contributed by atoms with Gasteiger partial charge in [-0.25, -0.2) is 0 Å². The van der Waals surface area contributed by atoms with Crippen molar-refractivity contribution in [2.75, 3.05) is 39.2 Å². The highest BCUT2D eigenvalue weighted by Gasteiger charge is 2.28. The lowest BCUT2D eigenvalue weighted by Crippen LogP contribution is -2.37. The molecule has 3 aromatic rings. The second-order valence-corrected chi connectivity index (χ2v) is 11.6. The molecule has 0 saturated carbocycles. The van der Waals surface area contributed by atoms with Crippen molar-refractivity contribution in [3.05, 3.63) is 105 Å². The zero-order valence-corrected chi connectivity index (χ0v) is 28.0. The summed E-state index contributed by atoms with van der Waals surface area (Å²) < 4.78 is 5.13. The molecule has 7 nitrogen and oxygen atoms in total. The molecule has 0 aliphatic carbocycles. The summed E-state index contributed by atoms with van der Waals surface area (Å²) in [4.78, 5) is 30.6. The quantitative estimate of drug-likeness (QED) is 0.150. The molecular weight excluding hydrogens is 548 g/mol. The van der Waals surface area contributed by atoms with Crippen molar-refractivity contribution in [1.29, 1.82) is 0 Å². The molecule has 1 heterocycles. The Labute approximate surface area is 263 Å². The number of rotatable bonds is 8. The Morgan fingerprint density at radius 3 is 2.20 bits per heavy atom. The average molecular weight is 597 g/mol. The van der Waals surface area contributed by atoms with E-state index in [1.54, 1.807) is 0 Å². The zero-order chi connectivity index (χ0) is 32.7. The third kappa shape index (κ3) is 7.09. The van der Waals surface area contributed by atoms with E-state index in [0.717, 1.165) is 67.9 Å². The highest BCUT2D eigenvalue weighted by Crippen LogP contribution is 2.40. The van der Waals surface area contributed by atoms with E-state index in [1.165, 1.54) is 12.7 Å². The van der Waals surface area contributed by atoms with Crippen LogP contribution in [0.2, 0.25) is 0 Å². The van der Waals surface area contributed by atoms with Gasteiger partial charge in [0.1, 0.15) is 5.69 Å². The van der Waals surface area contributed by atoms with Crippen LogP contribution < -0.4 is 4.90 Å². The first-order chi connectivity index (χ1) is 21.0. The first kappa shape index (κ1) is 34.2. The maximum absolute atomic E-state index is 13.9. The molecule has 7 heteroatoms. The monoisotopic (exact) mass is 596 g/mol. The second-order valence-electron chi connectivity index (χ2n) is 11.6. The highest BCUT2D eigenvalue weighted by atomic mass is 16.5. The summed E-state index contributed by atoms with van der Waals surface area (Å²) in [6.07, 6.45) is 0.995. The molecule has 0 unspecified atom stereocenters. The molecule has 0 aromatic heterocycles. The fourth-order valence-corrected chi connectivity index (χ4v) is 6.03. The van der Waals surface area contributed by atoms with Crippen molar-refractivity contribution < 1.29 is 14.3 Å². The van der Waals surface area contributed by atoms with E-state index in [4.69, 9.17) is 4.74 Å². The average Bonchev–Trinajstić information content (AvgIpc) is 3.02. The molecule has 0 saturated heterocycles. The summed E-state index contributed by atoms with van der Waals surface area (Å²) in [5, 5.41) is 8.86. The Kier molecular flexibility index (Phi) is 11.6. The number of methoxy groups -OCH3 is 1. The van der Waals surface area contributed by atoms with Crippen molar-refractivity contribution in [2.24, 2.45) is 10.2 Å². The molecule has 0 spiro atoms. The first-order valence-electron chi connectivity index (χ1n) is 15.2. The summed E-state index contributed by atoms with van der Waals surface area (Å²) in [7, 11) is 5.40. The van der Waals surface area contributed by atoms with Gasteiger partial charge >= 0.3 is 5.97 Å². The summed E-state index contributed by atoms with van der Waals surface area (Å²) in [5.41, 5.74) is 12.4. The fourth-order valence-electron chi connectivity index (χ4n) is 6.03. The number of anilines is 1. The lowest BCUT2D eigenvalue weighted by molar-refractivity contribution is -0.140. The van der Waals surface area contributed by atoms with Gasteiger partial charge in [-0.2, -0.15) is 10.2 Å². The van der Waals surface area contributed by atoms with Crippen molar-refractivity contribution >= 4 is 23.3 Å². The Bertz CT molecular complexity index is 1530. The largest absolute Gasteiger partial charge is 0.469 e. The van der Waals surface area contributed by atoms with Gasteiger partial charge in [0.2, 0.25) is 0 Å². The van der Waals surface area contributed by atoms with E-state index in [9.17, 15) is 9.59 Å². The van der Waals surface area contributed by atoms with Gasteiger partial charge in [0, 0.05) is 38.7 Å². The molecule has 0 bridgehead atoms. The van der Waals surface area contributed by atoms with Gasteiger partial charge < -0.3 is 14.5 Å². The number of aryl methyl sites for hydroxylation is 2. The number of nitrogens with zero attached hydrogens (tertiary/aromatic N) is 4. The van der Waals surface area contributed by atoms with E-state index in [0.29, 0.717) is 19.6 Å². The molecule has 1 atom stereocenters. The van der Waals surface area contributed by atoms with Gasteiger partial charge in [-0.3, -0.25) is 9.59 Å². The van der Waals surface area contributed by atoms with E-state index in [2.05, 4.69) is 67.6 Å². The number of carbonyl (C=O) groups is 2. The molecule has 1 aliphatic rings. The van der Waals surface area contributed by atoms with E-state index in [1.807, 2.05) is 57.7 Å². The van der Waals surface area contributed by atoms with Crippen LogP contribution in [-0.4, -0.2) is 51.1 Å². The van der Waals surface area contributed by atoms with Crippen LogP contribution in [0.5, 0.6) is 0 Å². The van der Waals surface area contributed by atoms with Gasteiger partial charge in [0.15, 0.2) is 0 Å². The number of benzene rings is 3. The maximum atomic E-state index is 13.9. The summed E-state index contributed by atoms with van der Waals surface area (Å²) in [6, 6.07) is 12.7. The van der Waals surface area contributed by atoms with E-state index in [-0.39, 0.29) is 24.2 Å². The van der Waals surface area contributed by atoms with Crippen molar-refractivity contribution in [1.82, 2.24) is 4.90 Å². The molecule has 1 aliphatic heterocycles. The summed E-state index contributed by atoms with van der Waals surface area (Å²) in [5.74, 6) is -0.423. The van der Waals surface area contributed by atoms with Crippen molar-refractivity contribution in [3.63, 3.8) is 0 Å². The SMILES string of the molecule is C=C.CCN=Nc1c(N(C)C)ccc([C@@H](CC(=O)OC)c2ccc3c(c2)CN(C(=O)c2c(C)c(C)cc(C)c2C)CC3)c1C. The number of esters is 1. The minimum atomic E-state index is -0.275. The standard InChI is InChI=1S/C35H44N4O3.C2H4/c1-10-36-37-34-25(6)29(13-14-31(34)38(7)8)30(19-32(40)42-9)27-12-11-26-15-16-39(20-28(26)18-27)35(41)33-23(4)21(2)17-22(3)24(33)5;1-2/h11-14,17-18,30H,10,15-16,19-20H2,1-9H3;1-2H2/t30-;/m0./s1. The lowest BCUT2D eigenvalue weighted by Gasteiger charge is -2.31. The van der Waals surface area contributed by atoms with Gasteiger partial charge in [0.05, 0.1) is 25.8 Å². The Morgan fingerprint density at radius 2 is 1.61 bits per heavy atom. The number of azo groups is 1. The predicted molar refractivity (Wildman–Crippen MR) is 181 cm³/mol. The van der Waals surface area contributed by atoms with Crippen LogP contribution in [0, 0.1) is 34.6 Å². The first-order valence-corrected chi connectivity index (χ1v) is 15.2. The van der Waals surface area contributed by atoms with Crippen molar-refractivity contribution in [3.8, 4) is 0 Å². The van der Waals surface area contributed by atoms with Crippen molar-refractivity contribution in [2.45, 2.75) is 66.8 Å². The Hall–Kier alpha value is -4.26. The Morgan fingerprint density at radius 1 is 0.955 bits per heavy atom. The Balaban J connectivity index is 0.00000259. The van der Waals surface area contributed by atoms with Crippen LogP contribution in [0.4, 0.5) is 11.4 Å². The fraction of sp³-hybridized carbons (Fsp3) is 0.405. The number of hydrogen-bond donors (Lipinski definition) is 0. The molecule has 1 amide bonds. The molecule has 0 fully saturated rings. The minimum absolute atomic E-state index is 0.0833. The van der Waals surface area contributed by atoms with E-state index >= 15 is 0 Å². The third-order valence-electron chi connectivity index (χ3n) is 8.73. The second kappa shape index (κ2) is 15.0. The molecule has 234 valence electrons. The van der Waals surface area contributed by atoms with Gasteiger partial charge in [0.25, 0.3) is 5.91 Å². The third-order valence-corrected chi connectivity index (χ3v) is 8.73. The van der Waals surface area contributed by atoms with Crippen LogP contribution in [0.25, 0.3) is 0 Å². The molecule has 4 rings (SSSR count). The summed E-state index contributed by atoms with van der Waals surface area (Å²) in [6.45, 7) is 20.0. The summed E-state index contributed by atoms with van der Waals surface area (Å²) >= 11 is 0. The van der Waals surface area contributed by atoms with Gasteiger partial charge in [-0.05, 0) is 104 Å². The number of ether oxygens (including phenoxy) is 1. The maximum Gasteiger partial charge on any atom is 0.306 e. The number of hydrogen-bond acceptors (Lipinski definition) is 6.